The van der Waals surface area contributed by atoms with Crippen molar-refractivity contribution >= 4 is 22.1 Å². The number of rotatable bonds is 44. The zero-order valence-electron chi connectivity index (χ0n) is 40.4. The van der Waals surface area contributed by atoms with Crippen LogP contribution in [0.3, 0.4) is 0 Å². The summed E-state index contributed by atoms with van der Waals surface area (Å²) in [4.78, 5) is 25.5. The van der Waals surface area contributed by atoms with Gasteiger partial charge in [0.2, 0.25) is 0 Å². The van der Waals surface area contributed by atoms with Gasteiger partial charge in [0.15, 0.2) is 12.4 Å². The molecule has 0 aromatic carbocycles. The van der Waals surface area contributed by atoms with Crippen LogP contribution >= 0.6 is 0 Å². The fourth-order valence-corrected chi connectivity index (χ4v) is 8.65. The minimum atomic E-state index is -4.60. The van der Waals surface area contributed by atoms with Crippen LogP contribution in [0.2, 0.25) is 0 Å². The Morgan fingerprint density at radius 3 is 1.31 bits per heavy atom. The quantitative estimate of drug-likeness (QED) is 0.0196. The van der Waals surface area contributed by atoms with Gasteiger partial charge in [-0.25, -0.2) is 0 Å². The molecular weight excluding hydrogens is 837 g/mol. The molecule has 1 rings (SSSR count). The molecule has 1 heterocycles. The van der Waals surface area contributed by atoms with E-state index in [1.165, 1.54) is 135 Å². The van der Waals surface area contributed by atoms with E-state index in [0.29, 0.717) is 12.8 Å². The highest BCUT2D eigenvalue weighted by Gasteiger charge is 2.46. The summed E-state index contributed by atoms with van der Waals surface area (Å²) in [5.41, 5.74) is 0. The Hall–Kier alpha value is -1.87. The number of carbonyl (C=O) groups is 2. The monoisotopic (exact) mass is 931 g/mol. The van der Waals surface area contributed by atoms with Crippen molar-refractivity contribution in [3.63, 3.8) is 0 Å². The third-order valence-electron chi connectivity index (χ3n) is 12.0. The molecule has 0 spiro atoms. The van der Waals surface area contributed by atoms with Crippen LogP contribution in [0.15, 0.2) is 24.3 Å². The molecule has 0 radical (unpaired) electrons. The van der Waals surface area contributed by atoms with Crippen molar-refractivity contribution in [2.75, 3.05) is 19.0 Å². The van der Waals surface area contributed by atoms with E-state index in [1.54, 1.807) is 0 Å². The lowest BCUT2D eigenvalue weighted by molar-refractivity contribution is -0.297. The molecule has 0 saturated carbocycles. The maximum Gasteiger partial charge on any atom is 0.306 e. The summed E-state index contributed by atoms with van der Waals surface area (Å²) >= 11 is 0. The summed E-state index contributed by atoms with van der Waals surface area (Å²) in [6, 6.07) is 0. The molecule has 0 bridgehead atoms. The molecule has 1 aliphatic rings. The van der Waals surface area contributed by atoms with Gasteiger partial charge in [-0.15, -0.1) is 0 Å². The highest BCUT2D eigenvalue weighted by atomic mass is 32.2. The largest absolute Gasteiger partial charge is 0.462 e. The molecule has 1 aliphatic heterocycles. The summed E-state index contributed by atoms with van der Waals surface area (Å²) in [5, 5.41) is 30.9. The Bertz CT molecular complexity index is 1270. The average Bonchev–Trinajstić information content (AvgIpc) is 3.26. The van der Waals surface area contributed by atoms with Crippen molar-refractivity contribution in [3.05, 3.63) is 24.3 Å². The molecule has 1 fully saturated rings. The Kier molecular flexibility index (Phi) is 38.8. The van der Waals surface area contributed by atoms with Gasteiger partial charge in [0.25, 0.3) is 10.1 Å². The molecule has 4 N–H and O–H groups in total. The van der Waals surface area contributed by atoms with Crippen LogP contribution in [0.5, 0.6) is 0 Å². The van der Waals surface area contributed by atoms with Gasteiger partial charge in [-0.3, -0.25) is 14.1 Å². The van der Waals surface area contributed by atoms with Gasteiger partial charge in [-0.1, -0.05) is 179 Å². The fourth-order valence-electron chi connectivity index (χ4n) is 7.96. The molecule has 6 atom stereocenters. The first-order chi connectivity index (χ1) is 31.0. The first kappa shape index (κ1) is 60.1. The molecule has 64 heavy (non-hydrogen) atoms. The number of unbranched alkanes of at least 4 members (excludes halogenated alkanes) is 28. The lowest BCUT2D eigenvalue weighted by Gasteiger charge is -2.40. The van der Waals surface area contributed by atoms with Crippen molar-refractivity contribution in [2.45, 2.75) is 269 Å². The summed E-state index contributed by atoms with van der Waals surface area (Å²) in [6.07, 6.45) is 38.0. The smallest absolute Gasteiger partial charge is 0.306 e. The predicted molar refractivity (Wildman–Crippen MR) is 256 cm³/mol. The molecule has 376 valence electrons. The first-order valence-corrected chi connectivity index (χ1v) is 27.5. The molecule has 0 amide bonds. The summed E-state index contributed by atoms with van der Waals surface area (Å²) in [5.74, 6) is -1.98. The summed E-state index contributed by atoms with van der Waals surface area (Å²) in [6.45, 7) is 3.76. The Labute approximate surface area is 389 Å². The second-order valence-corrected chi connectivity index (χ2v) is 19.7. The van der Waals surface area contributed by atoms with Crippen molar-refractivity contribution in [2.24, 2.45) is 0 Å². The van der Waals surface area contributed by atoms with Gasteiger partial charge in [-0.05, 0) is 64.2 Å². The van der Waals surface area contributed by atoms with Gasteiger partial charge in [0.05, 0.1) is 6.61 Å². The lowest BCUT2D eigenvalue weighted by atomic mass is 10.00. The number of aliphatic hydroxyl groups is 3. The van der Waals surface area contributed by atoms with Crippen LogP contribution in [0.1, 0.15) is 232 Å². The maximum atomic E-state index is 12.9. The lowest BCUT2D eigenvalue weighted by Crippen LogP contribution is -2.60. The molecule has 0 aliphatic carbocycles. The van der Waals surface area contributed by atoms with Crippen LogP contribution < -0.4 is 0 Å². The van der Waals surface area contributed by atoms with Crippen molar-refractivity contribution in [3.8, 4) is 0 Å². The summed E-state index contributed by atoms with van der Waals surface area (Å²) in [7, 11) is -4.60. The molecule has 0 aromatic rings. The zero-order chi connectivity index (χ0) is 46.9. The number of hydrogen-bond acceptors (Lipinski definition) is 11. The maximum absolute atomic E-state index is 12.9. The average molecular weight is 931 g/mol. The van der Waals surface area contributed by atoms with Gasteiger partial charge in [0.1, 0.15) is 36.8 Å². The third-order valence-corrected chi connectivity index (χ3v) is 12.8. The number of ether oxygens (including phenoxy) is 4. The summed E-state index contributed by atoms with van der Waals surface area (Å²) < 4.78 is 54.2. The minimum absolute atomic E-state index is 0.164. The molecule has 1 saturated heterocycles. The van der Waals surface area contributed by atoms with E-state index in [9.17, 15) is 37.9 Å². The SMILES string of the molecule is CCCCCC/C=C\CCCCCCCC(=O)OCC(COC1OC(CS(=O)(=O)O)C(O)C(O)C1O)OC(=O)CCCCCCCCCCCCC/C=C\CCCCCCCCCC. The van der Waals surface area contributed by atoms with Crippen LogP contribution in [-0.4, -0.2) is 96.0 Å². The number of allylic oxidation sites excluding steroid dienone is 4. The molecule has 0 aromatic heterocycles. The van der Waals surface area contributed by atoms with Crippen LogP contribution in [0, 0.1) is 0 Å². The molecule has 12 nitrogen and oxygen atoms in total. The first-order valence-electron chi connectivity index (χ1n) is 25.9. The van der Waals surface area contributed by atoms with E-state index >= 15 is 0 Å². The van der Waals surface area contributed by atoms with Gasteiger partial charge >= 0.3 is 11.9 Å². The standard InChI is InChI=1S/C51H94O12S/c1-3-5-7-9-11-13-15-17-18-19-20-21-22-23-24-25-26-28-30-32-34-36-38-40-47(53)62-44(42-61-51-50(56)49(55)48(54)45(63-51)43-64(57,58)59)41-60-46(52)39-37-35-33-31-29-27-16-14-12-10-8-6-4-2/h14,16,19-20,44-45,48-51,54-56H,3-13,15,17-18,21-43H2,1-2H3,(H,57,58,59)/b16-14-,20-19-. The molecule has 6 unspecified atom stereocenters. The molecule has 13 heteroatoms. The Morgan fingerprint density at radius 1 is 0.516 bits per heavy atom. The van der Waals surface area contributed by atoms with Gasteiger partial charge < -0.3 is 34.3 Å². The van der Waals surface area contributed by atoms with E-state index in [1.807, 2.05) is 0 Å². The number of carbonyl (C=O) groups excluding carboxylic acids is 2. The van der Waals surface area contributed by atoms with Crippen LogP contribution in [0.25, 0.3) is 0 Å². The second-order valence-electron chi connectivity index (χ2n) is 18.2. The highest BCUT2D eigenvalue weighted by molar-refractivity contribution is 7.85. The third kappa shape index (κ3) is 35.3. The van der Waals surface area contributed by atoms with E-state index < -0.39 is 71.2 Å². The van der Waals surface area contributed by atoms with E-state index in [4.69, 9.17) is 18.9 Å². The van der Waals surface area contributed by atoms with Crippen molar-refractivity contribution < 1.29 is 56.8 Å². The van der Waals surface area contributed by atoms with Crippen molar-refractivity contribution in [1.29, 1.82) is 0 Å². The normalized spacial score (nSPS) is 19.8. The topological polar surface area (TPSA) is 186 Å². The Balaban J connectivity index is 2.34. The van der Waals surface area contributed by atoms with Crippen LogP contribution in [-0.2, 0) is 38.7 Å². The van der Waals surface area contributed by atoms with E-state index in [0.717, 1.165) is 57.8 Å². The van der Waals surface area contributed by atoms with Gasteiger partial charge in [-0.2, -0.15) is 8.42 Å². The minimum Gasteiger partial charge on any atom is -0.462 e. The molecular formula is C51H94O12S. The second kappa shape index (κ2) is 41.3. The highest BCUT2D eigenvalue weighted by Crippen LogP contribution is 2.24. The van der Waals surface area contributed by atoms with Crippen molar-refractivity contribution in [1.82, 2.24) is 0 Å². The van der Waals surface area contributed by atoms with E-state index in [2.05, 4.69) is 38.2 Å². The van der Waals surface area contributed by atoms with Gasteiger partial charge in [0, 0.05) is 12.8 Å². The Morgan fingerprint density at radius 2 is 0.891 bits per heavy atom. The number of hydrogen-bond donors (Lipinski definition) is 4. The number of esters is 2. The predicted octanol–water partition coefficient (Wildman–Crippen LogP) is 11.6. The van der Waals surface area contributed by atoms with E-state index in [-0.39, 0.29) is 19.4 Å². The number of aliphatic hydroxyl groups excluding tert-OH is 3. The van der Waals surface area contributed by atoms with Crippen LogP contribution in [0.4, 0.5) is 0 Å². The zero-order valence-corrected chi connectivity index (χ0v) is 41.2. The fraction of sp³-hybridized carbons (Fsp3) is 0.882.